The van der Waals surface area contributed by atoms with Crippen LogP contribution in [-0.4, -0.2) is 71.2 Å². The van der Waals surface area contributed by atoms with E-state index in [0.717, 1.165) is 0 Å². The molecule has 0 N–H and O–H groups in total. The molecule has 0 saturated heterocycles. The van der Waals surface area contributed by atoms with Crippen molar-refractivity contribution in [3.05, 3.63) is 10.4 Å². The zero-order chi connectivity index (χ0) is 19.7. The highest BCUT2D eigenvalue weighted by Crippen LogP contribution is 2.18. The van der Waals surface area contributed by atoms with Crippen LogP contribution in [0.2, 0.25) is 0 Å². The van der Waals surface area contributed by atoms with Crippen LogP contribution in [0.5, 0.6) is 0 Å². The number of hydroxylamine groups is 2. The van der Waals surface area contributed by atoms with Crippen LogP contribution in [0.3, 0.4) is 0 Å². The van der Waals surface area contributed by atoms with Gasteiger partial charge in [0.05, 0.1) is 12.5 Å². The summed E-state index contributed by atoms with van der Waals surface area (Å²) in [6.45, 7) is 0.437. The average molecular weight is 408 g/mol. The molecular formula is C9H20N4O10S2. The molecule has 0 radical (unpaired) electrons. The van der Waals surface area contributed by atoms with Gasteiger partial charge >= 0.3 is 5.66 Å². The second kappa shape index (κ2) is 9.64. The lowest BCUT2D eigenvalue weighted by Crippen LogP contribution is -2.55. The van der Waals surface area contributed by atoms with Gasteiger partial charge in [-0.15, -0.1) is 0 Å². The first kappa shape index (κ1) is 23.2. The second-order valence-corrected chi connectivity index (χ2v) is 7.75. The van der Waals surface area contributed by atoms with Crippen molar-refractivity contribution in [2.45, 2.75) is 19.5 Å². The third kappa shape index (κ3) is 8.75. The zero-order valence-electron chi connectivity index (χ0n) is 14.0. The van der Waals surface area contributed by atoms with E-state index in [1.165, 1.54) is 13.8 Å². The molecule has 14 nitrogen and oxygen atoms in total. The highest BCUT2D eigenvalue weighted by Gasteiger charge is 2.56. The largest absolute Gasteiger partial charge is 0.592 e. The summed E-state index contributed by atoms with van der Waals surface area (Å²) in [4.78, 5) is 8.17. The summed E-state index contributed by atoms with van der Waals surface area (Å²) in [5, 5.41) is 30.4. The van der Waals surface area contributed by atoms with Gasteiger partial charge in [0.25, 0.3) is 20.2 Å². The molecule has 0 saturated carbocycles. The highest BCUT2D eigenvalue weighted by molar-refractivity contribution is 7.86. The monoisotopic (exact) mass is 408 g/mol. The van der Waals surface area contributed by atoms with Crippen molar-refractivity contribution < 1.29 is 44.6 Å². The molecule has 25 heavy (non-hydrogen) atoms. The molecule has 0 aromatic rings. The molecule has 0 heterocycles. The van der Waals surface area contributed by atoms with Crippen LogP contribution in [-0.2, 0) is 38.3 Å². The molecule has 0 amide bonds. The van der Waals surface area contributed by atoms with Gasteiger partial charge in [0, 0.05) is 9.72 Å². The zero-order valence-corrected chi connectivity index (χ0v) is 15.6. The molecule has 16 heteroatoms. The minimum atomic E-state index is -4.12. The van der Waals surface area contributed by atoms with Crippen LogP contribution in [0.15, 0.2) is 10.6 Å². The number of nitrogens with zero attached hydrogens (tertiary/aromatic N) is 4. The van der Waals surface area contributed by atoms with Gasteiger partial charge < -0.3 is 20.1 Å². The first-order valence-corrected chi connectivity index (χ1v) is 10.3. The fraction of sp³-hybridized carbons (Fsp3) is 1.00. The van der Waals surface area contributed by atoms with Gasteiger partial charge in [0.15, 0.2) is 0 Å². The van der Waals surface area contributed by atoms with Crippen LogP contribution in [0.1, 0.15) is 13.8 Å². The summed E-state index contributed by atoms with van der Waals surface area (Å²) in [5.74, 6) is 0. The van der Waals surface area contributed by atoms with E-state index in [1.54, 1.807) is 0 Å². The molecule has 0 aliphatic heterocycles. The van der Waals surface area contributed by atoms with E-state index in [0.29, 0.717) is 12.5 Å². The molecular weight excluding hydrogens is 388 g/mol. The Morgan fingerprint density at radius 2 is 1.16 bits per heavy atom. The predicted molar refractivity (Wildman–Crippen MR) is 79.7 cm³/mol. The van der Waals surface area contributed by atoms with Gasteiger partial charge in [-0.25, -0.2) is 0 Å². The van der Waals surface area contributed by atoms with E-state index in [4.69, 9.17) is 0 Å². The summed E-state index contributed by atoms with van der Waals surface area (Å²) in [7, 11) is -8.24. The van der Waals surface area contributed by atoms with Gasteiger partial charge in [0.2, 0.25) is 23.8 Å². The molecule has 0 aliphatic carbocycles. The molecule has 0 spiro atoms. The fourth-order valence-electron chi connectivity index (χ4n) is 1.11. The standard InChI is InChI=1S/C9H20N4O10S2/c1-5-20-10-12(14)9(7-22-24(3,16)17,8-23-25(4,18)19)13(15)11-21-6-2/h5-8H2,1-4H3. The highest BCUT2D eigenvalue weighted by atomic mass is 32.2. The van der Waals surface area contributed by atoms with Gasteiger partial charge in [-0.2, -0.15) is 16.8 Å². The topological polar surface area (TPSA) is 182 Å². The maximum Gasteiger partial charge on any atom is 0.472 e. The first-order chi connectivity index (χ1) is 11.4. The first-order valence-electron chi connectivity index (χ1n) is 6.67. The lowest BCUT2D eigenvalue weighted by Gasteiger charge is -2.22. The minimum Gasteiger partial charge on any atom is -0.592 e. The predicted octanol–water partition coefficient (Wildman–Crippen LogP) is -0.537. The molecule has 0 fully saturated rings. The smallest absolute Gasteiger partial charge is 0.472 e. The van der Waals surface area contributed by atoms with E-state index in [2.05, 4.69) is 28.6 Å². The SMILES string of the molecule is CCON=[N+]([O-])C(COS(C)(=O)=O)(COS(C)(=O)=O)[N+]([O-])=NOCC. The van der Waals surface area contributed by atoms with Crippen molar-refractivity contribution in [1.82, 2.24) is 0 Å². The second-order valence-electron chi connectivity index (χ2n) is 4.46. The van der Waals surface area contributed by atoms with Crippen LogP contribution in [0, 0.1) is 10.4 Å². The van der Waals surface area contributed by atoms with Gasteiger partial charge in [-0.05, 0) is 13.8 Å². The van der Waals surface area contributed by atoms with Crippen molar-refractivity contribution >= 4 is 20.2 Å². The molecule has 0 aromatic carbocycles. The molecule has 0 unspecified atom stereocenters. The van der Waals surface area contributed by atoms with E-state index in [1.807, 2.05) is 0 Å². The summed E-state index contributed by atoms with van der Waals surface area (Å²) < 4.78 is 53.7. The minimum absolute atomic E-state index is 0.0733. The number of hydrogen-bond donors (Lipinski definition) is 0. The molecule has 0 aromatic heterocycles. The Labute approximate surface area is 144 Å². The maximum absolute atomic E-state index is 12.2. The van der Waals surface area contributed by atoms with Crippen LogP contribution in [0.4, 0.5) is 0 Å². The summed E-state index contributed by atoms with van der Waals surface area (Å²) >= 11 is 0. The number of hydrogen-bond acceptors (Lipinski definition) is 12. The molecule has 0 bridgehead atoms. The van der Waals surface area contributed by atoms with Gasteiger partial charge in [0.1, 0.15) is 13.2 Å². The normalized spacial score (nSPS) is 14.4. The third-order valence-corrected chi connectivity index (χ3v) is 3.33. The summed E-state index contributed by atoms with van der Waals surface area (Å²) in [6.07, 6.45) is 1.30. The van der Waals surface area contributed by atoms with Crippen molar-refractivity contribution in [3.8, 4) is 0 Å². The molecule has 0 atom stereocenters. The Morgan fingerprint density at radius 1 is 0.840 bits per heavy atom. The summed E-state index contributed by atoms with van der Waals surface area (Å²) in [6, 6.07) is 0. The average Bonchev–Trinajstić information content (AvgIpc) is 2.48. The van der Waals surface area contributed by atoms with Crippen molar-refractivity contribution in [3.63, 3.8) is 0 Å². The Kier molecular flexibility index (Phi) is 8.95. The quantitative estimate of drug-likeness (QED) is 0.134. The number of rotatable bonds is 12. The van der Waals surface area contributed by atoms with Crippen molar-refractivity contribution in [2.75, 3.05) is 38.9 Å². The Morgan fingerprint density at radius 3 is 1.40 bits per heavy atom. The van der Waals surface area contributed by atoms with E-state index in [9.17, 15) is 27.3 Å². The Hall–Kier alpha value is -1.78. The lowest BCUT2D eigenvalue weighted by atomic mass is 10.2. The van der Waals surface area contributed by atoms with Crippen molar-refractivity contribution in [2.24, 2.45) is 10.6 Å². The Bertz CT molecular complexity index is 627. The summed E-state index contributed by atoms with van der Waals surface area (Å²) in [5.41, 5.74) is -2.70. The Balaban J connectivity index is 6.07. The van der Waals surface area contributed by atoms with Gasteiger partial charge in [-0.1, -0.05) is 0 Å². The van der Waals surface area contributed by atoms with Crippen LogP contribution >= 0.6 is 0 Å². The van der Waals surface area contributed by atoms with E-state index < -0.39 is 48.8 Å². The fourth-order valence-corrected chi connectivity index (χ4v) is 1.92. The van der Waals surface area contributed by atoms with E-state index in [-0.39, 0.29) is 13.2 Å². The van der Waals surface area contributed by atoms with Gasteiger partial charge in [-0.3, -0.25) is 8.37 Å². The lowest BCUT2D eigenvalue weighted by molar-refractivity contribution is -0.848. The van der Waals surface area contributed by atoms with E-state index >= 15 is 0 Å². The molecule has 148 valence electrons. The van der Waals surface area contributed by atoms with Crippen molar-refractivity contribution in [1.29, 1.82) is 0 Å². The molecule has 0 rings (SSSR count). The van der Waals surface area contributed by atoms with Crippen LogP contribution in [0.25, 0.3) is 0 Å². The third-order valence-electron chi connectivity index (χ3n) is 2.24. The molecule has 0 aliphatic rings. The maximum atomic E-state index is 12.2. The van der Waals surface area contributed by atoms with Crippen LogP contribution < -0.4 is 0 Å².